The third kappa shape index (κ3) is 5.00. The number of ketones is 1. The number of rotatable bonds is 8. The Morgan fingerprint density at radius 3 is 2.78 bits per heavy atom. The molecular formula is C13H17BrO3S. The molecule has 0 radical (unpaired) electrons. The molecular weight excluding hydrogens is 316 g/mol. The van der Waals surface area contributed by atoms with Gasteiger partial charge in [-0.25, -0.2) is 0 Å². The van der Waals surface area contributed by atoms with Crippen LogP contribution in [0.5, 0.6) is 5.75 Å². The Morgan fingerprint density at radius 2 is 2.17 bits per heavy atom. The van der Waals surface area contributed by atoms with Crippen molar-refractivity contribution in [1.82, 2.24) is 0 Å². The number of thioether (sulfide) groups is 1. The van der Waals surface area contributed by atoms with Gasteiger partial charge in [-0.15, -0.1) is 0 Å². The van der Waals surface area contributed by atoms with E-state index in [9.17, 15) is 4.79 Å². The third-order valence-corrected chi connectivity index (χ3v) is 4.01. The van der Waals surface area contributed by atoms with Crippen LogP contribution in [0.2, 0.25) is 0 Å². The molecule has 0 atom stereocenters. The van der Waals surface area contributed by atoms with E-state index < -0.39 is 0 Å². The molecule has 0 aromatic heterocycles. The van der Waals surface area contributed by atoms with Gasteiger partial charge in [0.1, 0.15) is 5.75 Å². The summed E-state index contributed by atoms with van der Waals surface area (Å²) in [7, 11) is 3.29. The van der Waals surface area contributed by atoms with E-state index in [0.29, 0.717) is 11.3 Å². The summed E-state index contributed by atoms with van der Waals surface area (Å²) in [5.41, 5.74) is 0.710. The van der Waals surface area contributed by atoms with Gasteiger partial charge in [-0.05, 0) is 46.3 Å². The van der Waals surface area contributed by atoms with E-state index in [4.69, 9.17) is 9.47 Å². The van der Waals surface area contributed by atoms with Crippen molar-refractivity contribution in [2.45, 2.75) is 6.42 Å². The van der Waals surface area contributed by atoms with Crippen LogP contribution in [0.25, 0.3) is 0 Å². The number of Topliss-reactive ketones (excluding diaryl/α,β-unsaturated/α-hetero) is 1. The van der Waals surface area contributed by atoms with Crippen LogP contribution >= 0.6 is 27.7 Å². The molecule has 0 fully saturated rings. The Hall–Kier alpha value is -0.520. The minimum atomic E-state index is 0.140. The van der Waals surface area contributed by atoms with E-state index in [1.165, 1.54) is 0 Å². The summed E-state index contributed by atoms with van der Waals surface area (Å²) in [5.74, 6) is 2.32. The largest absolute Gasteiger partial charge is 0.496 e. The predicted octanol–water partition coefficient (Wildman–Crippen LogP) is 3.41. The van der Waals surface area contributed by atoms with Gasteiger partial charge in [-0.1, -0.05) is 0 Å². The zero-order chi connectivity index (χ0) is 13.4. The van der Waals surface area contributed by atoms with Gasteiger partial charge in [0, 0.05) is 19.3 Å². The Balaban J connectivity index is 2.44. The van der Waals surface area contributed by atoms with Crippen LogP contribution < -0.4 is 4.74 Å². The average Bonchev–Trinajstić information content (AvgIpc) is 2.38. The molecule has 0 N–H and O–H groups in total. The molecule has 0 heterocycles. The van der Waals surface area contributed by atoms with Gasteiger partial charge in [0.25, 0.3) is 0 Å². The zero-order valence-corrected chi connectivity index (χ0v) is 13.0. The molecule has 0 unspecified atom stereocenters. The summed E-state index contributed by atoms with van der Waals surface area (Å²) in [6.07, 6.45) is 0.973. The minimum Gasteiger partial charge on any atom is -0.496 e. The zero-order valence-electron chi connectivity index (χ0n) is 10.6. The quantitative estimate of drug-likeness (QED) is 0.539. The Labute approximate surface area is 120 Å². The van der Waals surface area contributed by atoms with Crippen molar-refractivity contribution in [3.63, 3.8) is 0 Å². The molecule has 0 aliphatic carbocycles. The van der Waals surface area contributed by atoms with Crippen molar-refractivity contribution in [1.29, 1.82) is 0 Å². The Kier molecular flexibility index (Phi) is 7.39. The van der Waals surface area contributed by atoms with Gasteiger partial charge in [0.05, 0.1) is 17.3 Å². The minimum absolute atomic E-state index is 0.140. The van der Waals surface area contributed by atoms with E-state index in [2.05, 4.69) is 15.9 Å². The van der Waals surface area contributed by atoms with Crippen LogP contribution in [0.15, 0.2) is 22.7 Å². The maximum atomic E-state index is 11.9. The average molecular weight is 333 g/mol. The second-order valence-corrected chi connectivity index (χ2v) is 5.63. The normalized spacial score (nSPS) is 10.4. The van der Waals surface area contributed by atoms with Crippen LogP contribution in [-0.2, 0) is 4.74 Å². The van der Waals surface area contributed by atoms with E-state index >= 15 is 0 Å². The molecule has 1 rings (SSSR count). The summed E-state index contributed by atoms with van der Waals surface area (Å²) in [6.45, 7) is 0.745. The standard InChI is InChI=1S/C13H17BrO3S/c1-16-6-3-7-18-9-12(15)10-4-5-13(17-2)11(14)8-10/h4-5,8H,3,6-7,9H2,1-2H3. The number of methoxy groups -OCH3 is 2. The molecule has 1 aromatic carbocycles. The molecule has 0 bridgehead atoms. The lowest BCUT2D eigenvalue weighted by Crippen LogP contribution is -2.04. The van der Waals surface area contributed by atoms with E-state index in [1.54, 1.807) is 44.2 Å². The van der Waals surface area contributed by atoms with Crippen molar-refractivity contribution in [3.8, 4) is 5.75 Å². The molecule has 5 heteroatoms. The van der Waals surface area contributed by atoms with E-state index in [-0.39, 0.29) is 5.78 Å². The highest BCUT2D eigenvalue weighted by Crippen LogP contribution is 2.26. The lowest BCUT2D eigenvalue weighted by atomic mass is 10.1. The first-order valence-electron chi connectivity index (χ1n) is 5.62. The van der Waals surface area contributed by atoms with Gasteiger partial charge < -0.3 is 9.47 Å². The number of ether oxygens (including phenoxy) is 2. The van der Waals surface area contributed by atoms with Crippen LogP contribution in [0.1, 0.15) is 16.8 Å². The van der Waals surface area contributed by atoms with Gasteiger partial charge in [0.15, 0.2) is 5.78 Å². The van der Waals surface area contributed by atoms with Crippen LogP contribution in [0.3, 0.4) is 0 Å². The molecule has 1 aromatic rings. The number of carbonyl (C=O) groups is 1. The molecule has 0 spiro atoms. The monoisotopic (exact) mass is 332 g/mol. The second kappa shape index (κ2) is 8.56. The summed E-state index contributed by atoms with van der Waals surface area (Å²) in [5, 5.41) is 0. The van der Waals surface area contributed by atoms with Crippen molar-refractivity contribution in [3.05, 3.63) is 28.2 Å². The fraction of sp³-hybridized carbons (Fsp3) is 0.462. The number of halogens is 1. The molecule has 0 saturated carbocycles. The number of carbonyl (C=O) groups excluding carboxylic acids is 1. The molecule has 100 valence electrons. The maximum absolute atomic E-state index is 11.9. The SMILES string of the molecule is COCCCSCC(=O)c1ccc(OC)c(Br)c1. The van der Waals surface area contributed by atoms with E-state index in [0.717, 1.165) is 29.0 Å². The van der Waals surface area contributed by atoms with Gasteiger partial charge in [-0.3, -0.25) is 4.79 Å². The number of benzene rings is 1. The summed E-state index contributed by atoms with van der Waals surface area (Å²) < 4.78 is 10.9. The fourth-order valence-corrected chi connectivity index (χ4v) is 2.75. The molecule has 0 aliphatic rings. The smallest absolute Gasteiger partial charge is 0.172 e. The van der Waals surface area contributed by atoms with Crippen molar-refractivity contribution in [2.24, 2.45) is 0 Å². The summed E-state index contributed by atoms with van der Waals surface area (Å²) in [4.78, 5) is 11.9. The lowest BCUT2D eigenvalue weighted by Gasteiger charge is -2.06. The van der Waals surface area contributed by atoms with Crippen molar-refractivity contribution >= 4 is 33.5 Å². The summed E-state index contributed by atoms with van der Waals surface area (Å²) in [6, 6.07) is 5.39. The maximum Gasteiger partial charge on any atom is 0.172 e. The van der Waals surface area contributed by atoms with Gasteiger partial charge in [-0.2, -0.15) is 11.8 Å². The Morgan fingerprint density at radius 1 is 1.39 bits per heavy atom. The molecule has 0 amide bonds. The van der Waals surface area contributed by atoms with Crippen molar-refractivity contribution < 1.29 is 14.3 Å². The first-order chi connectivity index (χ1) is 8.69. The highest BCUT2D eigenvalue weighted by molar-refractivity contribution is 9.10. The first-order valence-corrected chi connectivity index (χ1v) is 7.57. The lowest BCUT2D eigenvalue weighted by molar-refractivity contribution is 0.102. The summed E-state index contributed by atoms with van der Waals surface area (Å²) >= 11 is 5.01. The first kappa shape index (κ1) is 15.5. The van der Waals surface area contributed by atoms with Crippen LogP contribution in [-0.4, -0.2) is 38.1 Å². The van der Waals surface area contributed by atoms with Crippen molar-refractivity contribution in [2.75, 3.05) is 32.3 Å². The number of hydrogen-bond donors (Lipinski definition) is 0. The molecule has 0 saturated heterocycles. The highest BCUT2D eigenvalue weighted by atomic mass is 79.9. The number of hydrogen-bond acceptors (Lipinski definition) is 4. The van der Waals surface area contributed by atoms with Gasteiger partial charge in [0.2, 0.25) is 0 Å². The molecule has 3 nitrogen and oxygen atoms in total. The second-order valence-electron chi connectivity index (χ2n) is 3.67. The molecule has 0 aliphatic heterocycles. The van der Waals surface area contributed by atoms with Crippen LogP contribution in [0, 0.1) is 0 Å². The van der Waals surface area contributed by atoms with Gasteiger partial charge >= 0.3 is 0 Å². The third-order valence-electron chi connectivity index (χ3n) is 2.34. The fourth-order valence-electron chi connectivity index (χ4n) is 1.39. The Bertz CT molecular complexity index is 396. The highest BCUT2D eigenvalue weighted by Gasteiger charge is 2.08. The van der Waals surface area contributed by atoms with E-state index in [1.807, 2.05) is 0 Å². The topological polar surface area (TPSA) is 35.5 Å². The molecule has 18 heavy (non-hydrogen) atoms. The predicted molar refractivity (Wildman–Crippen MR) is 78.8 cm³/mol. The van der Waals surface area contributed by atoms with Crippen LogP contribution in [0.4, 0.5) is 0 Å².